The molecule has 0 heterocycles. The lowest BCUT2D eigenvalue weighted by atomic mass is 9.64. The fourth-order valence-corrected chi connectivity index (χ4v) is 2.94. The van der Waals surface area contributed by atoms with E-state index < -0.39 is 0 Å². The van der Waals surface area contributed by atoms with Crippen molar-refractivity contribution in [3.8, 4) is 0 Å². The molecule has 0 bridgehead atoms. The van der Waals surface area contributed by atoms with Crippen LogP contribution in [0.5, 0.6) is 0 Å². The van der Waals surface area contributed by atoms with E-state index in [0.29, 0.717) is 16.7 Å². The predicted molar refractivity (Wildman–Crippen MR) is 74.8 cm³/mol. The molecule has 0 aliphatic heterocycles. The van der Waals surface area contributed by atoms with Gasteiger partial charge in [0, 0.05) is 0 Å². The third-order valence-corrected chi connectivity index (χ3v) is 2.86. The Kier molecular flexibility index (Phi) is 4.79. The van der Waals surface area contributed by atoms with Gasteiger partial charge in [-0.1, -0.05) is 79.3 Å². The summed E-state index contributed by atoms with van der Waals surface area (Å²) in [6, 6.07) is 10.9. The Morgan fingerprint density at radius 1 is 0.750 bits per heavy atom. The molecule has 0 atom stereocenters. The molecule has 0 nitrogen and oxygen atoms in total. The first kappa shape index (κ1) is 15.2. The second-order valence-electron chi connectivity index (χ2n) is 6.58. The van der Waals surface area contributed by atoms with E-state index in [4.69, 9.17) is 0 Å². The van der Waals surface area contributed by atoms with Crippen LogP contribution in [-0.2, 0) is 0 Å². The number of benzene rings is 1. The minimum Gasteiger partial charge on any atom is -0.0776 e. The smallest absolute Gasteiger partial charge is 0.00646 e. The van der Waals surface area contributed by atoms with Gasteiger partial charge in [-0.05, 0) is 22.3 Å². The zero-order valence-corrected chi connectivity index (χ0v) is 11.0. The minimum absolute atomic E-state index is 0. The molecule has 0 fully saturated rings. The van der Waals surface area contributed by atoms with Crippen molar-refractivity contribution in [2.75, 3.05) is 0 Å². The van der Waals surface area contributed by atoms with E-state index in [1.807, 2.05) is 0 Å². The van der Waals surface area contributed by atoms with Crippen LogP contribution in [0.1, 0.15) is 60.5 Å². The molecule has 0 amide bonds. The third-order valence-electron chi connectivity index (χ3n) is 2.86. The van der Waals surface area contributed by atoms with Crippen LogP contribution >= 0.6 is 0 Å². The van der Waals surface area contributed by atoms with Crippen molar-refractivity contribution >= 4 is 0 Å². The summed E-state index contributed by atoms with van der Waals surface area (Å²) in [5, 5.41) is 0. The summed E-state index contributed by atoms with van der Waals surface area (Å²) >= 11 is 0. The third kappa shape index (κ3) is 3.66. The van der Waals surface area contributed by atoms with Crippen molar-refractivity contribution in [3.05, 3.63) is 35.9 Å². The zero-order valence-electron chi connectivity index (χ0n) is 11.0. The van der Waals surface area contributed by atoms with Crippen LogP contribution in [0, 0.1) is 10.8 Å². The van der Waals surface area contributed by atoms with Gasteiger partial charge in [-0.3, -0.25) is 0 Å². The lowest BCUT2D eigenvalue weighted by Crippen LogP contribution is -2.30. The maximum atomic E-state index is 2.33. The van der Waals surface area contributed by atoms with E-state index in [1.165, 1.54) is 5.56 Å². The quantitative estimate of drug-likeness (QED) is 0.586. The maximum absolute atomic E-state index is 2.33. The molecule has 1 aromatic rings. The molecular formula is C16H28. The van der Waals surface area contributed by atoms with Crippen LogP contribution in [0.25, 0.3) is 0 Å². The number of hydrogen-bond acceptors (Lipinski definition) is 0. The molecule has 0 N–H and O–H groups in total. The molecule has 0 radical (unpaired) electrons. The van der Waals surface area contributed by atoms with Gasteiger partial charge in [-0.15, -0.1) is 0 Å². The Morgan fingerprint density at radius 2 is 1.12 bits per heavy atom. The minimum atomic E-state index is 0. The Hall–Kier alpha value is -0.780. The largest absolute Gasteiger partial charge is 0.0776 e. The van der Waals surface area contributed by atoms with Crippen molar-refractivity contribution in [2.45, 2.75) is 54.9 Å². The van der Waals surface area contributed by atoms with Gasteiger partial charge < -0.3 is 0 Å². The highest BCUT2D eigenvalue weighted by Crippen LogP contribution is 2.46. The molecule has 1 rings (SSSR count). The molecule has 0 saturated heterocycles. The van der Waals surface area contributed by atoms with E-state index in [9.17, 15) is 0 Å². The van der Waals surface area contributed by atoms with E-state index in [2.05, 4.69) is 71.9 Å². The molecule has 0 spiro atoms. The van der Waals surface area contributed by atoms with Crippen molar-refractivity contribution in [1.29, 1.82) is 0 Å². The molecule has 1 aromatic carbocycles. The average Bonchev–Trinajstić information content (AvgIpc) is 2.00. The summed E-state index contributed by atoms with van der Waals surface area (Å²) in [7, 11) is 0. The number of hydrogen-bond donors (Lipinski definition) is 0. The molecular weight excluding hydrogens is 192 g/mol. The van der Waals surface area contributed by atoms with Crippen molar-refractivity contribution in [1.82, 2.24) is 0 Å². The van der Waals surface area contributed by atoms with E-state index in [1.54, 1.807) is 0 Å². The van der Waals surface area contributed by atoms with E-state index in [0.717, 1.165) is 0 Å². The SMILES string of the molecule is C.CC(C)(C)C(c1ccccc1)C(C)(C)C. The van der Waals surface area contributed by atoms with Gasteiger partial charge in [0.15, 0.2) is 0 Å². The van der Waals surface area contributed by atoms with Gasteiger partial charge in [0.1, 0.15) is 0 Å². The van der Waals surface area contributed by atoms with Gasteiger partial charge in [-0.25, -0.2) is 0 Å². The van der Waals surface area contributed by atoms with Crippen molar-refractivity contribution in [2.24, 2.45) is 10.8 Å². The second kappa shape index (κ2) is 5.03. The van der Waals surface area contributed by atoms with Crippen LogP contribution in [0.2, 0.25) is 0 Å². The zero-order chi connectivity index (χ0) is 11.7. The summed E-state index contributed by atoms with van der Waals surface area (Å²) in [6.45, 7) is 14.0. The molecule has 0 aromatic heterocycles. The predicted octanol–water partition coefficient (Wildman–Crippen LogP) is 5.50. The maximum Gasteiger partial charge on any atom is -0.00646 e. The van der Waals surface area contributed by atoms with Gasteiger partial charge in [0.25, 0.3) is 0 Å². The second-order valence-corrected chi connectivity index (χ2v) is 6.58. The van der Waals surface area contributed by atoms with Gasteiger partial charge in [-0.2, -0.15) is 0 Å². The van der Waals surface area contributed by atoms with E-state index >= 15 is 0 Å². The fraction of sp³-hybridized carbons (Fsp3) is 0.625. The molecule has 0 heteroatoms. The topological polar surface area (TPSA) is 0 Å². The van der Waals surface area contributed by atoms with Gasteiger partial charge >= 0.3 is 0 Å². The van der Waals surface area contributed by atoms with Crippen molar-refractivity contribution in [3.63, 3.8) is 0 Å². The summed E-state index contributed by atoms with van der Waals surface area (Å²) in [4.78, 5) is 0. The standard InChI is InChI=1S/C15H24.CH4/c1-14(2,3)13(15(4,5)6)12-10-8-7-9-11-12;/h7-11,13H,1-6H3;1H4. The first-order valence-electron chi connectivity index (χ1n) is 5.78. The van der Waals surface area contributed by atoms with Gasteiger partial charge in [0.05, 0.1) is 0 Å². The molecule has 0 unspecified atom stereocenters. The lowest BCUT2D eigenvalue weighted by molar-refractivity contribution is 0.176. The van der Waals surface area contributed by atoms with Gasteiger partial charge in [0.2, 0.25) is 0 Å². The molecule has 92 valence electrons. The van der Waals surface area contributed by atoms with Crippen LogP contribution in [0.3, 0.4) is 0 Å². The van der Waals surface area contributed by atoms with Crippen LogP contribution in [-0.4, -0.2) is 0 Å². The van der Waals surface area contributed by atoms with E-state index in [-0.39, 0.29) is 7.43 Å². The van der Waals surface area contributed by atoms with Crippen LogP contribution in [0.4, 0.5) is 0 Å². The Labute approximate surface area is 102 Å². The summed E-state index contributed by atoms with van der Waals surface area (Å²) in [5.41, 5.74) is 2.07. The normalized spacial score (nSPS) is 12.4. The summed E-state index contributed by atoms with van der Waals surface area (Å²) < 4.78 is 0. The summed E-state index contributed by atoms with van der Waals surface area (Å²) in [6.07, 6.45) is 0. The Balaban J connectivity index is 0.00000225. The monoisotopic (exact) mass is 220 g/mol. The highest BCUT2D eigenvalue weighted by molar-refractivity contribution is 5.23. The highest BCUT2D eigenvalue weighted by atomic mass is 14.4. The van der Waals surface area contributed by atoms with Crippen molar-refractivity contribution < 1.29 is 0 Å². The highest BCUT2D eigenvalue weighted by Gasteiger charge is 2.35. The Bertz CT molecular complexity index is 281. The Morgan fingerprint density at radius 3 is 1.44 bits per heavy atom. The first-order chi connectivity index (χ1) is 6.73. The summed E-state index contributed by atoms with van der Waals surface area (Å²) in [5.74, 6) is 0.589. The molecule has 0 aliphatic rings. The average molecular weight is 220 g/mol. The molecule has 0 aliphatic carbocycles. The van der Waals surface area contributed by atoms with Crippen LogP contribution < -0.4 is 0 Å². The lowest BCUT2D eigenvalue weighted by Gasteiger charge is -2.41. The number of rotatable bonds is 1. The fourth-order valence-electron chi connectivity index (χ4n) is 2.94. The molecule has 0 saturated carbocycles. The molecule has 16 heavy (non-hydrogen) atoms. The van der Waals surface area contributed by atoms with Crippen LogP contribution in [0.15, 0.2) is 30.3 Å². The first-order valence-corrected chi connectivity index (χ1v) is 5.78.